The van der Waals surface area contributed by atoms with E-state index in [9.17, 15) is 4.79 Å². The molecule has 1 aromatic rings. The number of anilines is 1. The minimum Gasteiger partial charge on any atom is -0.464 e. The number of hydrogen-bond acceptors (Lipinski definition) is 5. The van der Waals surface area contributed by atoms with Gasteiger partial charge in [-0.05, 0) is 31.6 Å². The predicted molar refractivity (Wildman–Crippen MR) is 75.7 cm³/mol. The summed E-state index contributed by atoms with van der Waals surface area (Å²) >= 11 is 0. The highest BCUT2D eigenvalue weighted by molar-refractivity contribution is 5.87. The summed E-state index contributed by atoms with van der Waals surface area (Å²) in [5.74, 6) is 1.18. The molecule has 2 fully saturated rings. The van der Waals surface area contributed by atoms with Crippen LogP contribution in [-0.4, -0.2) is 35.6 Å². The molecule has 0 N–H and O–H groups in total. The van der Waals surface area contributed by atoms with Crippen LogP contribution in [0.2, 0.25) is 0 Å². The molecule has 5 heteroatoms. The zero-order valence-electron chi connectivity index (χ0n) is 11.9. The molecular weight excluding hydrogens is 254 g/mol. The van der Waals surface area contributed by atoms with E-state index in [0.29, 0.717) is 11.7 Å². The highest BCUT2D eigenvalue weighted by atomic mass is 16.5. The van der Waals surface area contributed by atoms with Crippen molar-refractivity contribution in [2.45, 2.75) is 44.6 Å². The van der Waals surface area contributed by atoms with Crippen LogP contribution in [0.1, 0.15) is 49.0 Å². The summed E-state index contributed by atoms with van der Waals surface area (Å²) in [4.78, 5) is 22.6. The molecule has 0 spiro atoms. The number of carbonyl (C=O) groups is 1. The Morgan fingerprint density at radius 1 is 1.25 bits per heavy atom. The van der Waals surface area contributed by atoms with Gasteiger partial charge >= 0.3 is 5.97 Å². The first-order valence-corrected chi connectivity index (χ1v) is 7.46. The Morgan fingerprint density at radius 3 is 2.90 bits per heavy atom. The van der Waals surface area contributed by atoms with Gasteiger partial charge in [0.25, 0.3) is 0 Å². The first-order chi connectivity index (χ1) is 9.79. The maximum absolute atomic E-state index is 11.6. The van der Waals surface area contributed by atoms with Gasteiger partial charge in [0.2, 0.25) is 0 Å². The molecule has 2 atom stereocenters. The molecule has 2 aliphatic rings. The van der Waals surface area contributed by atoms with E-state index in [1.807, 2.05) is 0 Å². The van der Waals surface area contributed by atoms with Crippen molar-refractivity contribution >= 4 is 11.8 Å². The Balaban J connectivity index is 1.85. The van der Waals surface area contributed by atoms with Gasteiger partial charge in [-0.2, -0.15) is 0 Å². The highest BCUT2D eigenvalue weighted by Crippen LogP contribution is 2.36. The topological polar surface area (TPSA) is 55.3 Å². The van der Waals surface area contributed by atoms with Crippen LogP contribution in [0.25, 0.3) is 0 Å². The molecule has 1 aromatic heterocycles. The van der Waals surface area contributed by atoms with Crippen molar-refractivity contribution in [3.63, 3.8) is 0 Å². The molecule has 108 valence electrons. The van der Waals surface area contributed by atoms with Crippen LogP contribution in [0.15, 0.2) is 12.4 Å². The third-order valence-corrected chi connectivity index (χ3v) is 4.55. The molecule has 0 radical (unpaired) electrons. The van der Waals surface area contributed by atoms with Gasteiger partial charge in [-0.1, -0.05) is 12.8 Å². The van der Waals surface area contributed by atoms with Gasteiger partial charge in [0.15, 0.2) is 5.69 Å². The van der Waals surface area contributed by atoms with E-state index < -0.39 is 5.97 Å². The number of aromatic nitrogens is 2. The van der Waals surface area contributed by atoms with Crippen molar-refractivity contribution in [2.75, 3.05) is 18.6 Å². The van der Waals surface area contributed by atoms with Crippen molar-refractivity contribution in [3.05, 3.63) is 18.1 Å². The summed E-state index contributed by atoms with van der Waals surface area (Å²) in [6.07, 6.45) is 11.0. The molecule has 0 aromatic carbocycles. The van der Waals surface area contributed by atoms with Crippen LogP contribution in [-0.2, 0) is 4.74 Å². The molecular formula is C15H21N3O2. The minimum atomic E-state index is -0.420. The Hall–Kier alpha value is -1.65. The average Bonchev–Trinajstić information content (AvgIpc) is 2.53. The van der Waals surface area contributed by atoms with Crippen molar-refractivity contribution in [1.29, 1.82) is 0 Å². The lowest BCUT2D eigenvalue weighted by molar-refractivity contribution is 0.0593. The highest BCUT2D eigenvalue weighted by Gasteiger charge is 2.34. The van der Waals surface area contributed by atoms with E-state index in [1.165, 1.54) is 51.8 Å². The number of ether oxygens (including phenoxy) is 1. The van der Waals surface area contributed by atoms with Crippen LogP contribution >= 0.6 is 0 Å². The number of rotatable bonds is 2. The van der Waals surface area contributed by atoms with Gasteiger partial charge in [0.1, 0.15) is 5.82 Å². The van der Waals surface area contributed by atoms with Crippen LogP contribution in [0.5, 0.6) is 0 Å². The predicted octanol–water partition coefficient (Wildman–Crippen LogP) is 2.42. The monoisotopic (exact) mass is 275 g/mol. The lowest BCUT2D eigenvalue weighted by atomic mass is 9.78. The third kappa shape index (κ3) is 2.49. The maximum atomic E-state index is 11.6. The maximum Gasteiger partial charge on any atom is 0.358 e. The molecule has 1 aliphatic carbocycles. The molecule has 1 aliphatic heterocycles. The van der Waals surface area contributed by atoms with Crippen molar-refractivity contribution in [3.8, 4) is 0 Å². The fourth-order valence-electron chi connectivity index (χ4n) is 3.61. The molecule has 5 nitrogen and oxygen atoms in total. The van der Waals surface area contributed by atoms with Crippen molar-refractivity contribution in [1.82, 2.24) is 9.97 Å². The van der Waals surface area contributed by atoms with Crippen LogP contribution in [0.4, 0.5) is 5.82 Å². The summed E-state index contributed by atoms with van der Waals surface area (Å²) in [6, 6.07) is 0.569. The second kappa shape index (κ2) is 5.77. The van der Waals surface area contributed by atoms with Gasteiger partial charge < -0.3 is 9.64 Å². The van der Waals surface area contributed by atoms with E-state index in [0.717, 1.165) is 18.3 Å². The van der Waals surface area contributed by atoms with Gasteiger partial charge in [-0.3, -0.25) is 4.98 Å². The molecule has 3 rings (SSSR count). The molecule has 2 heterocycles. The normalized spacial score (nSPS) is 25.9. The number of fused-ring (bicyclic) bond motifs is 1. The molecule has 1 saturated heterocycles. The van der Waals surface area contributed by atoms with E-state index in [2.05, 4.69) is 14.9 Å². The Bertz CT molecular complexity index is 490. The molecule has 20 heavy (non-hydrogen) atoms. The lowest BCUT2D eigenvalue weighted by Crippen LogP contribution is -2.47. The average molecular weight is 275 g/mol. The molecule has 0 bridgehead atoms. The van der Waals surface area contributed by atoms with E-state index in [-0.39, 0.29) is 0 Å². The minimum absolute atomic E-state index is 0.294. The van der Waals surface area contributed by atoms with Crippen LogP contribution in [0.3, 0.4) is 0 Å². The zero-order valence-corrected chi connectivity index (χ0v) is 11.9. The second-order valence-corrected chi connectivity index (χ2v) is 5.70. The standard InChI is InChI=1S/C15H21N3O2/c1-20-15(19)12-9-16-10-14(17-12)18-8-4-6-11-5-2-3-7-13(11)18/h9-11,13H,2-8H2,1H3. The van der Waals surface area contributed by atoms with E-state index >= 15 is 0 Å². The number of hydrogen-bond donors (Lipinski definition) is 0. The number of piperidine rings is 1. The lowest BCUT2D eigenvalue weighted by Gasteiger charge is -2.44. The van der Waals surface area contributed by atoms with E-state index in [1.54, 1.807) is 6.20 Å². The Kier molecular flexibility index (Phi) is 3.85. The fourth-order valence-corrected chi connectivity index (χ4v) is 3.61. The first kappa shape index (κ1) is 13.3. The molecule has 0 amide bonds. The van der Waals surface area contributed by atoms with Gasteiger partial charge in [0.05, 0.1) is 19.5 Å². The molecule has 1 saturated carbocycles. The number of nitrogens with zero attached hydrogens (tertiary/aromatic N) is 3. The van der Waals surface area contributed by atoms with Crippen LogP contribution < -0.4 is 4.90 Å². The third-order valence-electron chi connectivity index (χ3n) is 4.55. The van der Waals surface area contributed by atoms with Gasteiger partial charge in [-0.25, -0.2) is 9.78 Å². The SMILES string of the molecule is COC(=O)c1cncc(N2CCCC3CCCCC32)n1. The van der Waals surface area contributed by atoms with Gasteiger partial charge in [-0.15, -0.1) is 0 Å². The number of esters is 1. The Labute approximate surface area is 119 Å². The van der Waals surface area contributed by atoms with Crippen molar-refractivity contribution in [2.24, 2.45) is 5.92 Å². The zero-order chi connectivity index (χ0) is 13.9. The summed E-state index contributed by atoms with van der Waals surface area (Å²) in [5, 5.41) is 0. The summed E-state index contributed by atoms with van der Waals surface area (Å²) < 4.78 is 4.73. The second-order valence-electron chi connectivity index (χ2n) is 5.70. The number of carbonyl (C=O) groups excluding carboxylic acids is 1. The number of methoxy groups -OCH3 is 1. The quantitative estimate of drug-likeness (QED) is 0.776. The largest absolute Gasteiger partial charge is 0.464 e. The fraction of sp³-hybridized carbons (Fsp3) is 0.667. The Morgan fingerprint density at radius 2 is 2.05 bits per heavy atom. The summed E-state index contributed by atoms with van der Waals surface area (Å²) in [5.41, 5.74) is 0.294. The van der Waals surface area contributed by atoms with E-state index in [4.69, 9.17) is 4.74 Å². The molecule has 2 unspecified atom stereocenters. The summed E-state index contributed by atoms with van der Waals surface area (Å²) in [7, 11) is 1.37. The summed E-state index contributed by atoms with van der Waals surface area (Å²) in [6.45, 7) is 1.01. The van der Waals surface area contributed by atoms with Crippen LogP contribution in [0, 0.1) is 5.92 Å². The smallest absolute Gasteiger partial charge is 0.358 e. The van der Waals surface area contributed by atoms with Gasteiger partial charge in [0, 0.05) is 12.6 Å². The first-order valence-electron chi connectivity index (χ1n) is 7.46. The van der Waals surface area contributed by atoms with Crippen molar-refractivity contribution < 1.29 is 9.53 Å².